The average Bonchev–Trinajstić information content (AvgIpc) is 2.39. The topological polar surface area (TPSA) is 69.6 Å². The van der Waals surface area contributed by atoms with E-state index in [1.165, 1.54) is 6.42 Å². The van der Waals surface area contributed by atoms with Crippen molar-refractivity contribution >= 4 is 30.1 Å². The van der Waals surface area contributed by atoms with Crippen LogP contribution >= 0.6 is 11.6 Å². The van der Waals surface area contributed by atoms with E-state index in [1.54, 1.807) is 0 Å². The highest BCUT2D eigenvalue weighted by Crippen LogP contribution is 2.20. The summed E-state index contributed by atoms with van der Waals surface area (Å²) in [5.74, 6) is -1.26. The van der Waals surface area contributed by atoms with Gasteiger partial charge in [0.05, 0.1) is 10.6 Å². The maximum absolute atomic E-state index is 13.5. The lowest BCUT2D eigenvalue weighted by Crippen LogP contribution is -2.38. The van der Waals surface area contributed by atoms with Crippen molar-refractivity contribution < 1.29 is 19.2 Å². The zero-order valence-electron chi connectivity index (χ0n) is 10.9. The molecule has 1 fully saturated rings. The van der Waals surface area contributed by atoms with Gasteiger partial charge in [0.25, 0.3) is 5.91 Å². The molecule has 108 valence electrons. The third-order valence-corrected chi connectivity index (χ3v) is 3.86. The Labute approximate surface area is 122 Å². The van der Waals surface area contributed by atoms with Crippen LogP contribution in [-0.4, -0.2) is 29.1 Å². The van der Waals surface area contributed by atoms with Gasteiger partial charge in [-0.3, -0.25) is 4.79 Å². The SMILES string of the molecule is O=C(NC1CCCCC1)c1cc(B(O)O)c(F)cc1Cl. The molecule has 0 heterocycles. The summed E-state index contributed by atoms with van der Waals surface area (Å²) in [5, 5.41) is 20.9. The zero-order valence-corrected chi connectivity index (χ0v) is 11.7. The summed E-state index contributed by atoms with van der Waals surface area (Å²) in [6, 6.07) is 2.10. The van der Waals surface area contributed by atoms with Crippen molar-refractivity contribution in [2.24, 2.45) is 0 Å². The molecule has 0 atom stereocenters. The first kappa shape index (κ1) is 15.3. The fourth-order valence-corrected chi connectivity index (χ4v) is 2.68. The Bertz CT molecular complexity index is 507. The van der Waals surface area contributed by atoms with E-state index < -0.39 is 18.8 Å². The van der Waals surface area contributed by atoms with Gasteiger partial charge in [0.2, 0.25) is 0 Å². The van der Waals surface area contributed by atoms with Crippen molar-refractivity contribution in [3.8, 4) is 0 Å². The molecule has 0 radical (unpaired) electrons. The number of nitrogens with one attached hydrogen (secondary N) is 1. The molecule has 1 saturated carbocycles. The van der Waals surface area contributed by atoms with Gasteiger partial charge in [-0.25, -0.2) is 4.39 Å². The number of benzene rings is 1. The fourth-order valence-electron chi connectivity index (χ4n) is 2.45. The summed E-state index contributed by atoms with van der Waals surface area (Å²) in [7, 11) is -1.98. The minimum absolute atomic E-state index is 0.0415. The summed E-state index contributed by atoms with van der Waals surface area (Å²) < 4.78 is 13.5. The molecule has 7 heteroatoms. The van der Waals surface area contributed by atoms with Crippen molar-refractivity contribution in [2.45, 2.75) is 38.1 Å². The van der Waals surface area contributed by atoms with Gasteiger partial charge in [-0.15, -0.1) is 0 Å². The van der Waals surface area contributed by atoms with Crippen LogP contribution in [0.4, 0.5) is 4.39 Å². The molecule has 1 aliphatic carbocycles. The molecule has 0 aliphatic heterocycles. The predicted molar refractivity (Wildman–Crippen MR) is 75.6 cm³/mol. The highest BCUT2D eigenvalue weighted by molar-refractivity contribution is 6.59. The molecule has 2 rings (SSSR count). The van der Waals surface area contributed by atoms with Gasteiger partial charge in [0, 0.05) is 11.5 Å². The molecular weight excluding hydrogens is 283 g/mol. The Hall–Kier alpha value is -1.11. The summed E-state index contributed by atoms with van der Waals surface area (Å²) in [6.07, 6.45) is 5.15. The fraction of sp³-hybridized carbons (Fsp3) is 0.462. The van der Waals surface area contributed by atoms with Crippen molar-refractivity contribution in [1.82, 2.24) is 5.32 Å². The van der Waals surface area contributed by atoms with E-state index >= 15 is 0 Å². The van der Waals surface area contributed by atoms with Crippen LogP contribution in [0.2, 0.25) is 5.02 Å². The summed E-state index contributed by atoms with van der Waals surface area (Å²) in [6.45, 7) is 0. The first-order valence-corrected chi connectivity index (χ1v) is 7.02. The number of carbonyl (C=O) groups excluding carboxylic acids is 1. The van der Waals surface area contributed by atoms with E-state index in [9.17, 15) is 9.18 Å². The molecule has 0 unspecified atom stereocenters. The number of rotatable bonds is 3. The second kappa shape index (κ2) is 6.56. The maximum atomic E-state index is 13.5. The number of hydrogen-bond acceptors (Lipinski definition) is 3. The second-order valence-electron chi connectivity index (χ2n) is 5.04. The van der Waals surface area contributed by atoms with Crippen LogP contribution in [0.1, 0.15) is 42.5 Å². The third kappa shape index (κ3) is 3.51. The normalized spacial score (nSPS) is 16.0. The van der Waals surface area contributed by atoms with Crippen LogP contribution in [0.3, 0.4) is 0 Å². The Kier molecular flexibility index (Phi) is 5.02. The standard InChI is InChI=1S/C13H16BClFNO3/c15-11-7-12(16)10(14(19)20)6-9(11)13(18)17-8-4-2-1-3-5-8/h6-8,19-20H,1-5H2,(H,17,18). The average molecular weight is 300 g/mol. The minimum Gasteiger partial charge on any atom is -0.423 e. The van der Waals surface area contributed by atoms with Crippen LogP contribution < -0.4 is 10.8 Å². The van der Waals surface area contributed by atoms with Crippen molar-refractivity contribution in [2.75, 3.05) is 0 Å². The molecule has 0 spiro atoms. The Balaban J connectivity index is 2.18. The molecule has 3 N–H and O–H groups in total. The molecule has 1 aliphatic rings. The van der Waals surface area contributed by atoms with Crippen molar-refractivity contribution in [1.29, 1.82) is 0 Å². The van der Waals surface area contributed by atoms with Crippen LogP contribution in [0, 0.1) is 5.82 Å². The van der Waals surface area contributed by atoms with Crippen LogP contribution in [0.5, 0.6) is 0 Å². The quantitative estimate of drug-likeness (QED) is 0.735. The van der Waals surface area contributed by atoms with E-state index in [0.717, 1.165) is 37.8 Å². The first-order valence-electron chi connectivity index (χ1n) is 6.65. The van der Waals surface area contributed by atoms with E-state index in [2.05, 4.69) is 5.32 Å². The molecule has 1 aromatic rings. The van der Waals surface area contributed by atoms with Gasteiger partial charge in [0.1, 0.15) is 5.82 Å². The summed E-state index contributed by atoms with van der Waals surface area (Å²) in [5.41, 5.74) is -0.301. The first-order chi connectivity index (χ1) is 9.49. The lowest BCUT2D eigenvalue weighted by atomic mass is 9.79. The molecule has 0 saturated heterocycles. The predicted octanol–water partition coefficient (Wildman–Crippen LogP) is 1.22. The molecule has 1 amide bonds. The van der Waals surface area contributed by atoms with E-state index in [1.807, 2.05) is 0 Å². The van der Waals surface area contributed by atoms with Crippen molar-refractivity contribution in [3.63, 3.8) is 0 Å². The van der Waals surface area contributed by atoms with Crippen LogP contribution in [0.15, 0.2) is 12.1 Å². The highest BCUT2D eigenvalue weighted by Gasteiger charge is 2.23. The van der Waals surface area contributed by atoms with E-state index in [4.69, 9.17) is 21.6 Å². The third-order valence-electron chi connectivity index (χ3n) is 3.55. The second-order valence-corrected chi connectivity index (χ2v) is 5.44. The molecule has 0 bridgehead atoms. The summed E-state index contributed by atoms with van der Waals surface area (Å²) in [4.78, 5) is 12.1. The molecule has 20 heavy (non-hydrogen) atoms. The van der Waals surface area contributed by atoms with Crippen molar-refractivity contribution in [3.05, 3.63) is 28.5 Å². The smallest absolute Gasteiger partial charge is 0.423 e. The van der Waals surface area contributed by atoms with E-state index in [-0.39, 0.29) is 22.1 Å². The number of amides is 1. The molecule has 0 aromatic heterocycles. The molecular formula is C13H16BClFNO3. The van der Waals surface area contributed by atoms with Gasteiger partial charge < -0.3 is 15.4 Å². The van der Waals surface area contributed by atoms with Crippen LogP contribution in [0.25, 0.3) is 0 Å². The zero-order chi connectivity index (χ0) is 14.7. The minimum atomic E-state index is -1.98. The summed E-state index contributed by atoms with van der Waals surface area (Å²) >= 11 is 5.85. The highest BCUT2D eigenvalue weighted by atomic mass is 35.5. The number of hydrogen-bond donors (Lipinski definition) is 3. The Morgan fingerprint density at radius 1 is 1.30 bits per heavy atom. The van der Waals surface area contributed by atoms with Gasteiger partial charge in [-0.1, -0.05) is 30.9 Å². The van der Waals surface area contributed by atoms with E-state index in [0.29, 0.717) is 0 Å². The van der Waals surface area contributed by atoms with Gasteiger partial charge in [-0.2, -0.15) is 0 Å². The Morgan fingerprint density at radius 2 is 1.95 bits per heavy atom. The lowest BCUT2D eigenvalue weighted by molar-refractivity contribution is 0.0928. The van der Waals surface area contributed by atoms with Crippen LogP contribution in [-0.2, 0) is 0 Å². The Morgan fingerprint density at radius 3 is 2.55 bits per heavy atom. The molecule has 1 aromatic carbocycles. The number of carbonyl (C=O) groups is 1. The molecule has 4 nitrogen and oxygen atoms in total. The van der Waals surface area contributed by atoms with Gasteiger partial charge in [0.15, 0.2) is 0 Å². The number of halogens is 2. The van der Waals surface area contributed by atoms with Gasteiger partial charge >= 0.3 is 7.12 Å². The lowest BCUT2D eigenvalue weighted by Gasteiger charge is -2.23. The maximum Gasteiger partial charge on any atom is 0.491 e. The van der Waals surface area contributed by atoms with Gasteiger partial charge in [-0.05, 0) is 25.0 Å². The monoisotopic (exact) mass is 299 g/mol. The largest absolute Gasteiger partial charge is 0.491 e.